The Kier molecular flexibility index (Phi) is 5.55. The summed E-state index contributed by atoms with van der Waals surface area (Å²) >= 11 is 7.11. The normalized spacial score (nSPS) is 17.5. The van der Waals surface area contributed by atoms with Crippen LogP contribution in [0.15, 0.2) is 72.3 Å². The third-order valence-electron chi connectivity index (χ3n) is 5.55. The number of halogens is 2. The lowest BCUT2D eigenvalue weighted by Crippen LogP contribution is -2.29. The number of aliphatic hydroxyl groups is 1. The molecule has 9 heteroatoms. The van der Waals surface area contributed by atoms with E-state index < -0.39 is 29.3 Å². The Morgan fingerprint density at radius 2 is 1.85 bits per heavy atom. The highest BCUT2D eigenvalue weighted by Crippen LogP contribution is 2.45. The minimum absolute atomic E-state index is 0.0639. The summed E-state index contributed by atoms with van der Waals surface area (Å²) in [6, 6.07) is 16.0. The second kappa shape index (κ2) is 8.55. The molecule has 1 fully saturated rings. The first kappa shape index (κ1) is 22.1. The summed E-state index contributed by atoms with van der Waals surface area (Å²) in [6.45, 7) is 0. The van der Waals surface area contributed by atoms with Gasteiger partial charge >= 0.3 is 5.91 Å². The number of hydrogen-bond donors (Lipinski definition) is 1. The number of ether oxygens (including phenoxy) is 1. The van der Waals surface area contributed by atoms with Gasteiger partial charge in [-0.3, -0.25) is 14.5 Å². The van der Waals surface area contributed by atoms with E-state index >= 15 is 0 Å². The molecule has 1 N–H and O–H groups in total. The number of fused-ring (bicyclic) bond motifs is 1. The maximum atomic E-state index is 15.0. The Balaban J connectivity index is 1.73. The Labute approximate surface area is 202 Å². The zero-order valence-electron chi connectivity index (χ0n) is 17.7. The minimum atomic E-state index is -1.21. The zero-order valence-corrected chi connectivity index (χ0v) is 19.2. The maximum Gasteiger partial charge on any atom is 0.301 e. The van der Waals surface area contributed by atoms with Gasteiger partial charge in [0.15, 0.2) is 5.13 Å². The first-order valence-corrected chi connectivity index (χ1v) is 11.3. The van der Waals surface area contributed by atoms with E-state index in [0.717, 1.165) is 20.9 Å². The third kappa shape index (κ3) is 3.61. The standard InChI is InChI=1S/C25H16ClFN2O4S/c1-33-15-10-11-18-19(12-15)34-25(28-18)29-21(16-4-2-3-5-17(16)27)20(23(31)24(29)32)22(30)13-6-8-14(26)9-7-13/h2-12,21,30H,1H3/b22-20+. The average molecular weight is 495 g/mol. The maximum absolute atomic E-state index is 15.0. The number of nitrogens with zero attached hydrogens (tertiary/aromatic N) is 2. The van der Waals surface area contributed by atoms with Gasteiger partial charge in [0.25, 0.3) is 5.78 Å². The van der Waals surface area contributed by atoms with E-state index in [2.05, 4.69) is 4.98 Å². The summed E-state index contributed by atoms with van der Waals surface area (Å²) in [5.74, 6) is -2.27. The van der Waals surface area contributed by atoms with Crippen molar-refractivity contribution in [3.63, 3.8) is 0 Å². The largest absolute Gasteiger partial charge is 0.507 e. The van der Waals surface area contributed by atoms with Crippen LogP contribution in [0, 0.1) is 5.82 Å². The number of anilines is 1. The number of amides is 1. The summed E-state index contributed by atoms with van der Waals surface area (Å²) in [5, 5.41) is 11.7. The Bertz CT molecular complexity index is 1480. The molecule has 0 radical (unpaired) electrons. The second-order valence-electron chi connectivity index (χ2n) is 7.53. The van der Waals surface area contributed by atoms with E-state index in [1.54, 1.807) is 36.4 Å². The van der Waals surface area contributed by atoms with Crippen molar-refractivity contribution in [2.45, 2.75) is 6.04 Å². The Morgan fingerprint density at radius 3 is 2.56 bits per heavy atom. The van der Waals surface area contributed by atoms with E-state index in [9.17, 15) is 19.1 Å². The molecule has 1 aliphatic heterocycles. The van der Waals surface area contributed by atoms with E-state index in [1.807, 2.05) is 0 Å². The smallest absolute Gasteiger partial charge is 0.301 e. The van der Waals surface area contributed by atoms with Gasteiger partial charge in [0.1, 0.15) is 23.4 Å². The number of carbonyl (C=O) groups is 2. The van der Waals surface area contributed by atoms with Crippen LogP contribution in [-0.2, 0) is 9.59 Å². The van der Waals surface area contributed by atoms with Gasteiger partial charge in [0.2, 0.25) is 0 Å². The van der Waals surface area contributed by atoms with E-state index in [0.29, 0.717) is 16.3 Å². The number of ketones is 1. The van der Waals surface area contributed by atoms with Crippen molar-refractivity contribution >= 4 is 55.7 Å². The summed E-state index contributed by atoms with van der Waals surface area (Å²) in [5.41, 5.74) is 0.703. The number of Topliss-reactive ketones (excluding diaryl/α,β-unsaturated/α-hetero) is 1. The second-order valence-corrected chi connectivity index (χ2v) is 8.97. The lowest BCUT2D eigenvalue weighted by molar-refractivity contribution is -0.132. The quantitative estimate of drug-likeness (QED) is 0.223. The molecule has 34 heavy (non-hydrogen) atoms. The fourth-order valence-electron chi connectivity index (χ4n) is 3.91. The molecular weight excluding hydrogens is 479 g/mol. The topological polar surface area (TPSA) is 79.7 Å². The summed E-state index contributed by atoms with van der Waals surface area (Å²) in [4.78, 5) is 32.1. The van der Waals surface area contributed by atoms with Crippen LogP contribution in [0.2, 0.25) is 5.02 Å². The summed E-state index contributed by atoms with van der Waals surface area (Å²) < 4.78 is 21.0. The summed E-state index contributed by atoms with van der Waals surface area (Å²) in [6.07, 6.45) is 0. The van der Waals surface area contributed by atoms with Crippen LogP contribution in [0.4, 0.5) is 9.52 Å². The molecule has 0 bridgehead atoms. The molecule has 170 valence electrons. The van der Waals surface area contributed by atoms with Gasteiger partial charge in [-0.25, -0.2) is 9.37 Å². The lowest BCUT2D eigenvalue weighted by atomic mass is 9.95. The van der Waals surface area contributed by atoms with E-state index in [-0.39, 0.29) is 21.8 Å². The van der Waals surface area contributed by atoms with Gasteiger partial charge < -0.3 is 9.84 Å². The van der Waals surface area contributed by atoms with Crippen molar-refractivity contribution in [3.05, 3.63) is 94.3 Å². The number of hydrogen-bond acceptors (Lipinski definition) is 6. The molecule has 1 unspecified atom stereocenters. The van der Waals surface area contributed by atoms with Crippen LogP contribution in [0.3, 0.4) is 0 Å². The van der Waals surface area contributed by atoms with Crippen LogP contribution in [0.5, 0.6) is 5.75 Å². The van der Waals surface area contributed by atoms with Crippen molar-refractivity contribution < 1.29 is 23.8 Å². The summed E-state index contributed by atoms with van der Waals surface area (Å²) in [7, 11) is 1.54. The molecule has 1 amide bonds. The molecule has 4 aromatic rings. The molecule has 0 aliphatic carbocycles. The van der Waals surface area contributed by atoms with Gasteiger partial charge in [0, 0.05) is 16.1 Å². The monoisotopic (exact) mass is 494 g/mol. The van der Waals surface area contributed by atoms with Crippen molar-refractivity contribution in [2.24, 2.45) is 0 Å². The molecule has 2 heterocycles. The molecule has 1 aromatic heterocycles. The molecule has 1 atom stereocenters. The molecule has 6 nitrogen and oxygen atoms in total. The fourth-order valence-corrected chi connectivity index (χ4v) is 5.05. The number of aliphatic hydroxyl groups excluding tert-OH is 1. The average Bonchev–Trinajstić information content (AvgIpc) is 3.37. The van der Waals surface area contributed by atoms with Crippen molar-refractivity contribution in [1.82, 2.24) is 4.98 Å². The third-order valence-corrected chi connectivity index (χ3v) is 6.82. The number of aromatic nitrogens is 1. The Hall–Kier alpha value is -3.75. The molecule has 0 spiro atoms. The molecular formula is C25H16ClFN2O4S. The molecule has 1 saturated heterocycles. The van der Waals surface area contributed by atoms with Gasteiger partial charge in [-0.1, -0.05) is 41.1 Å². The van der Waals surface area contributed by atoms with Crippen LogP contribution >= 0.6 is 22.9 Å². The van der Waals surface area contributed by atoms with E-state index in [4.69, 9.17) is 16.3 Å². The van der Waals surface area contributed by atoms with Crippen LogP contribution in [0.25, 0.3) is 16.0 Å². The van der Waals surface area contributed by atoms with Crippen molar-refractivity contribution in [2.75, 3.05) is 12.0 Å². The van der Waals surface area contributed by atoms with Crippen LogP contribution < -0.4 is 9.64 Å². The number of methoxy groups -OCH3 is 1. The van der Waals surface area contributed by atoms with E-state index in [1.165, 1.54) is 37.4 Å². The van der Waals surface area contributed by atoms with Crippen molar-refractivity contribution in [3.8, 4) is 5.75 Å². The molecule has 5 rings (SSSR count). The molecule has 1 aliphatic rings. The highest BCUT2D eigenvalue weighted by Gasteiger charge is 2.49. The minimum Gasteiger partial charge on any atom is -0.507 e. The van der Waals surface area contributed by atoms with Gasteiger partial charge in [-0.2, -0.15) is 0 Å². The van der Waals surface area contributed by atoms with Crippen LogP contribution in [0.1, 0.15) is 17.2 Å². The van der Waals surface area contributed by atoms with Gasteiger partial charge in [-0.15, -0.1) is 0 Å². The zero-order chi connectivity index (χ0) is 24.0. The lowest BCUT2D eigenvalue weighted by Gasteiger charge is -2.23. The predicted octanol–water partition coefficient (Wildman–Crippen LogP) is 5.72. The first-order valence-electron chi connectivity index (χ1n) is 10.1. The highest BCUT2D eigenvalue weighted by atomic mass is 35.5. The number of benzene rings is 3. The number of carbonyl (C=O) groups excluding carboxylic acids is 2. The van der Waals surface area contributed by atoms with Gasteiger partial charge in [0.05, 0.1) is 22.9 Å². The molecule has 3 aromatic carbocycles. The van der Waals surface area contributed by atoms with Crippen LogP contribution in [-0.4, -0.2) is 28.9 Å². The van der Waals surface area contributed by atoms with Gasteiger partial charge in [-0.05, 0) is 48.5 Å². The van der Waals surface area contributed by atoms with Crippen molar-refractivity contribution in [1.29, 1.82) is 0 Å². The Morgan fingerprint density at radius 1 is 1.12 bits per heavy atom. The highest BCUT2D eigenvalue weighted by molar-refractivity contribution is 7.22. The number of thiazole rings is 1. The predicted molar refractivity (Wildman–Crippen MR) is 129 cm³/mol. The number of rotatable bonds is 4. The first-order chi connectivity index (χ1) is 16.4. The SMILES string of the molecule is COc1ccc2nc(N3C(=O)C(=O)/C(=C(/O)c4ccc(Cl)cc4)C3c3ccccc3F)sc2c1. The molecule has 0 saturated carbocycles. The fraction of sp³-hybridized carbons (Fsp3) is 0.0800.